The van der Waals surface area contributed by atoms with Gasteiger partial charge in [0, 0.05) is 12.1 Å². The molecular weight excluding hydrogens is 306 g/mol. The number of methoxy groups -OCH3 is 1. The zero-order valence-corrected chi connectivity index (χ0v) is 13.8. The molecule has 0 bridgehead atoms. The van der Waals surface area contributed by atoms with Gasteiger partial charge in [-0.15, -0.1) is 0 Å². The number of rotatable bonds is 7. The van der Waals surface area contributed by atoms with Gasteiger partial charge in [0.25, 0.3) is 5.91 Å². The number of amides is 1. The van der Waals surface area contributed by atoms with Gasteiger partial charge in [-0.3, -0.25) is 9.59 Å². The Morgan fingerprint density at radius 2 is 1.83 bits per heavy atom. The van der Waals surface area contributed by atoms with E-state index in [9.17, 15) is 14.7 Å². The van der Waals surface area contributed by atoms with Crippen molar-refractivity contribution in [1.82, 2.24) is 5.32 Å². The van der Waals surface area contributed by atoms with Crippen molar-refractivity contribution in [2.75, 3.05) is 13.7 Å². The number of carboxylic acids is 1. The molecule has 0 aliphatic rings. The highest BCUT2D eigenvalue weighted by atomic mass is 16.5. The number of benzene rings is 2. The fourth-order valence-corrected chi connectivity index (χ4v) is 2.64. The van der Waals surface area contributed by atoms with Crippen LogP contribution in [0.3, 0.4) is 0 Å². The van der Waals surface area contributed by atoms with Crippen LogP contribution in [0.1, 0.15) is 29.3 Å². The molecule has 0 aliphatic heterocycles. The molecule has 5 heteroatoms. The molecule has 0 saturated heterocycles. The highest BCUT2D eigenvalue weighted by Crippen LogP contribution is 2.28. The van der Waals surface area contributed by atoms with E-state index >= 15 is 0 Å². The number of hydrogen-bond donors (Lipinski definition) is 2. The molecule has 5 nitrogen and oxygen atoms in total. The minimum absolute atomic E-state index is 0.0128. The molecule has 0 fully saturated rings. The van der Waals surface area contributed by atoms with Crippen molar-refractivity contribution in [3.8, 4) is 5.75 Å². The van der Waals surface area contributed by atoms with E-state index in [0.717, 1.165) is 0 Å². The van der Waals surface area contributed by atoms with E-state index in [4.69, 9.17) is 4.74 Å². The van der Waals surface area contributed by atoms with Gasteiger partial charge in [0.15, 0.2) is 0 Å². The van der Waals surface area contributed by atoms with Gasteiger partial charge in [-0.05, 0) is 30.2 Å². The van der Waals surface area contributed by atoms with Crippen LogP contribution in [0.5, 0.6) is 5.75 Å². The quantitative estimate of drug-likeness (QED) is 0.820. The Kier molecular flexibility index (Phi) is 5.58. The molecule has 0 aliphatic carbocycles. The maximum atomic E-state index is 12.4. The maximum Gasteiger partial charge on any atom is 0.315 e. The maximum absolute atomic E-state index is 12.4. The van der Waals surface area contributed by atoms with Gasteiger partial charge < -0.3 is 15.2 Å². The van der Waals surface area contributed by atoms with E-state index in [0.29, 0.717) is 23.3 Å². The van der Waals surface area contributed by atoms with E-state index in [2.05, 4.69) is 5.32 Å². The van der Waals surface area contributed by atoms with Crippen molar-refractivity contribution in [2.45, 2.75) is 18.8 Å². The van der Waals surface area contributed by atoms with Crippen molar-refractivity contribution in [2.24, 2.45) is 0 Å². The van der Waals surface area contributed by atoms with Gasteiger partial charge in [-0.1, -0.05) is 43.3 Å². The SMILES string of the molecule is CCC(CNC(=O)c1cccc(OC)c1)(C(=O)O)c1ccccc1. The number of carboxylic acid groups (broad SMARTS) is 1. The standard InChI is InChI=1S/C19H21NO4/c1-3-19(18(22)23,15-9-5-4-6-10-15)13-20-17(21)14-8-7-11-16(12-14)24-2/h4-12H,3,13H2,1-2H3,(H,20,21)(H,22,23). The van der Waals surface area contributed by atoms with Crippen molar-refractivity contribution in [3.05, 3.63) is 65.7 Å². The molecule has 24 heavy (non-hydrogen) atoms. The number of hydrogen-bond acceptors (Lipinski definition) is 3. The van der Waals surface area contributed by atoms with Crippen molar-refractivity contribution >= 4 is 11.9 Å². The van der Waals surface area contributed by atoms with Crippen molar-refractivity contribution in [1.29, 1.82) is 0 Å². The predicted molar refractivity (Wildman–Crippen MR) is 91.4 cm³/mol. The summed E-state index contributed by atoms with van der Waals surface area (Å²) in [7, 11) is 1.53. The highest BCUT2D eigenvalue weighted by molar-refractivity contribution is 5.95. The first kappa shape index (κ1) is 17.5. The summed E-state index contributed by atoms with van der Waals surface area (Å²) in [4.78, 5) is 24.3. The lowest BCUT2D eigenvalue weighted by atomic mass is 9.78. The van der Waals surface area contributed by atoms with Gasteiger partial charge in [-0.25, -0.2) is 0 Å². The summed E-state index contributed by atoms with van der Waals surface area (Å²) in [5.41, 5.74) is -0.0563. The van der Waals surface area contributed by atoms with Gasteiger partial charge in [0.05, 0.1) is 7.11 Å². The molecule has 2 N–H and O–H groups in total. The fourth-order valence-electron chi connectivity index (χ4n) is 2.64. The fraction of sp³-hybridized carbons (Fsp3) is 0.263. The molecule has 2 aromatic carbocycles. The van der Waals surface area contributed by atoms with Crippen LogP contribution in [0.4, 0.5) is 0 Å². The van der Waals surface area contributed by atoms with Crippen LogP contribution in [0.25, 0.3) is 0 Å². The average Bonchev–Trinajstić information content (AvgIpc) is 2.63. The number of carbonyl (C=O) groups excluding carboxylic acids is 1. The van der Waals surface area contributed by atoms with Crippen LogP contribution in [0.2, 0.25) is 0 Å². The minimum atomic E-state index is -1.16. The lowest BCUT2D eigenvalue weighted by molar-refractivity contribution is -0.143. The Hall–Kier alpha value is -2.82. The Morgan fingerprint density at radius 3 is 2.42 bits per heavy atom. The molecule has 0 radical (unpaired) electrons. The summed E-state index contributed by atoms with van der Waals surface area (Å²) in [5, 5.41) is 12.5. The summed E-state index contributed by atoms with van der Waals surface area (Å²) >= 11 is 0. The van der Waals surface area contributed by atoms with Gasteiger partial charge in [-0.2, -0.15) is 0 Å². The Labute approximate surface area is 141 Å². The first-order valence-corrected chi connectivity index (χ1v) is 7.74. The third-order valence-electron chi connectivity index (χ3n) is 4.22. The molecule has 1 unspecified atom stereocenters. The third-order valence-corrected chi connectivity index (χ3v) is 4.22. The predicted octanol–water partition coefficient (Wildman–Crippen LogP) is 2.86. The lowest BCUT2D eigenvalue weighted by Gasteiger charge is -2.29. The zero-order valence-electron chi connectivity index (χ0n) is 13.8. The van der Waals surface area contributed by atoms with Gasteiger partial charge >= 0.3 is 5.97 Å². The smallest absolute Gasteiger partial charge is 0.315 e. The molecule has 1 atom stereocenters. The molecule has 0 saturated carbocycles. The second kappa shape index (κ2) is 7.64. The Bertz CT molecular complexity index is 714. The molecule has 2 rings (SSSR count). The topological polar surface area (TPSA) is 75.6 Å². The monoisotopic (exact) mass is 327 g/mol. The van der Waals surface area contributed by atoms with Crippen LogP contribution in [0.15, 0.2) is 54.6 Å². The summed E-state index contributed by atoms with van der Waals surface area (Å²) in [5.74, 6) is -0.711. The average molecular weight is 327 g/mol. The molecule has 0 spiro atoms. The van der Waals surface area contributed by atoms with E-state index < -0.39 is 11.4 Å². The molecule has 1 amide bonds. The van der Waals surface area contributed by atoms with Crippen molar-refractivity contribution in [3.63, 3.8) is 0 Å². The van der Waals surface area contributed by atoms with Gasteiger partial charge in [0.2, 0.25) is 0 Å². The van der Waals surface area contributed by atoms with Crippen LogP contribution in [-0.2, 0) is 10.2 Å². The van der Waals surface area contributed by atoms with E-state index in [1.165, 1.54) is 7.11 Å². The summed E-state index contributed by atoms with van der Waals surface area (Å²) in [6.07, 6.45) is 0.366. The van der Waals surface area contributed by atoms with Crippen LogP contribution >= 0.6 is 0 Å². The zero-order chi connectivity index (χ0) is 17.6. The second-order valence-corrected chi connectivity index (χ2v) is 5.52. The number of ether oxygens (including phenoxy) is 1. The number of aliphatic carboxylic acids is 1. The van der Waals surface area contributed by atoms with Crippen LogP contribution < -0.4 is 10.1 Å². The molecule has 126 valence electrons. The first-order chi connectivity index (χ1) is 11.5. The van der Waals surface area contributed by atoms with E-state index in [1.54, 1.807) is 55.5 Å². The highest BCUT2D eigenvalue weighted by Gasteiger charge is 2.39. The molecular formula is C19H21NO4. The van der Waals surface area contributed by atoms with Crippen LogP contribution in [0, 0.1) is 0 Å². The minimum Gasteiger partial charge on any atom is -0.497 e. The normalized spacial score (nSPS) is 12.9. The summed E-state index contributed by atoms with van der Waals surface area (Å²) in [6.45, 7) is 1.82. The van der Waals surface area contributed by atoms with E-state index in [1.807, 2.05) is 6.07 Å². The molecule has 2 aromatic rings. The largest absolute Gasteiger partial charge is 0.497 e. The first-order valence-electron chi connectivity index (χ1n) is 7.74. The van der Waals surface area contributed by atoms with Crippen molar-refractivity contribution < 1.29 is 19.4 Å². The Balaban J connectivity index is 2.22. The Morgan fingerprint density at radius 1 is 1.12 bits per heavy atom. The number of carbonyl (C=O) groups is 2. The van der Waals surface area contributed by atoms with Crippen LogP contribution in [-0.4, -0.2) is 30.6 Å². The summed E-state index contributed by atoms with van der Waals surface area (Å²) < 4.78 is 5.11. The molecule has 0 aromatic heterocycles. The lowest BCUT2D eigenvalue weighted by Crippen LogP contribution is -2.46. The summed E-state index contributed by atoms with van der Waals surface area (Å²) in [6, 6.07) is 15.7. The van der Waals surface area contributed by atoms with Gasteiger partial charge in [0.1, 0.15) is 11.2 Å². The van der Waals surface area contributed by atoms with E-state index in [-0.39, 0.29) is 12.5 Å². The third kappa shape index (κ3) is 3.56. The number of nitrogens with one attached hydrogen (secondary N) is 1. The second-order valence-electron chi connectivity index (χ2n) is 5.52. The molecule has 0 heterocycles.